The van der Waals surface area contributed by atoms with E-state index < -0.39 is 23.4 Å². The molecule has 8 nitrogen and oxygen atoms in total. The SMILES string of the molecule is CCOc1ccc(CNC(=O)c2cc(NC(=O)c3cc(F)c(F)cc3Cl)n[nH]2)cn1. The molecule has 0 saturated heterocycles. The Morgan fingerprint density at radius 1 is 1.17 bits per heavy atom. The van der Waals surface area contributed by atoms with Crippen LogP contribution in [0, 0.1) is 11.6 Å². The zero-order chi connectivity index (χ0) is 21.7. The molecule has 2 aromatic heterocycles. The van der Waals surface area contributed by atoms with Crippen LogP contribution >= 0.6 is 11.6 Å². The number of benzene rings is 1. The predicted molar refractivity (Wildman–Crippen MR) is 104 cm³/mol. The zero-order valence-electron chi connectivity index (χ0n) is 15.6. The molecule has 0 fully saturated rings. The third kappa shape index (κ3) is 5.09. The molecule has 0 spiro atoms. The van der Waals surface area contributed by atoms with Crippen molar-refractivity contribution in [2.45, 2.75) is 13.5 Å². The molecule has 3 aromatic rings. The number of H-pyrrole nitrogens is 1. The van der Waals surface area contributed by atoms with Crippen molar-refractivity contribution >= 4 is 29.2 Å². The van der Waals surface area contributed by atoms with Crippen LogP contribution in [0.3, 0.4) is 0 Å². The number of amides is 2. The van der Waals surface area contributed by atoms with Crippen molar-refractivity contribution in [3.8, 4) is 5.88 Å². The van der Waals surface area contributed by atoms with Crippen molar-refractivity contribution in [3.05, 3.63) is 70.0 Å². The van der Waals surface area contributed by atoms with E-state index in [4.69, 9.17) is 16.3 Å². The lowest BCUT2D eigenvalue weighted by Gasteiger charge is -2.05. The summed E-state index contributed by atoms with van der Waals surface area (Å²) < 4.78 is 31.7. The van der Waals surface area contributed by atoms with Crippen molar-refractivity contribution in [2.75, 3.05) is 11.9 Å². The topological polar surface area (TPSA) is 109 Å². The third-order valence-corrected chi connectivity index (χ3v) is 4.17. The van der Waals surface area contributed by atoms with E-state index in [1.54, 1.807) is 18.3 Å². The van der Waals surface area contributed by atoms with Crippen molar-refractivity contribution < 1.29 is 23.1 Å². The minimum Gasteiger partial charge on any atom is -0.478 e. The second-order valence-corrected chi connectivity index (χ2v) is 6.39. The van der Waals surface area contributed by atoms with Crippen LogP contribution in [0.4, 0.5) is 14.6 Å². The summed E-state index contributed by atoms with van der Waals surface area (Å²) in [5.41, 5.74) is 0.570. The van der Waals surface area contributed by atoms with E-state index >= 15 is 0 Å². The van der Waals surface area contributed by atoms with Gasteiger partial charge in [0.25, 0.3) is 11.8 Å². The third-order valence-electron chi connectivity index (χ3n) is 3.86. The molecule has 156 valence electrons. The molecule has 0 aliphatic rings. The molecular weight excluding hydrogens is 420 g/mol. The number of hydrogen-bond donors (Lipinski definition) is 3. The molecule has 0 atom stereocenters. The van der Waals surface area contributed by atoms with Crippen LogP contribution in [0.15, 0.2) is 36.5 Å². The van der Waals surface area contributed by atoms with Crippen LogP contribution in [0.1, 0.15) is 33.3 Å². The molecule has 2 heterocycles. The lowest BCUT2D eigenvalue weighted by Crippen LogP contribution is -2.23. The molecule has 30 heavy (non-hydrogen) atoms. The molecule has 11 heteroatoms. The second-order valence-electron chi connectivity index (χ2n) is 5.99. The Balaban J connectivity index is 1.59. The highest BCUT2D eigenvalue weighted by Gasteiger charge is 2.17. The summed E-state index contributed by atoms with van der Waals surface area (Å²) in [6.07, 6.45) is 1.58. The number of ether oxygens (including phenoxy) is 1. The first kappa shape index (κ1) is 21.2. The van der Waals surface area contributed by atoms with Gasteiger partial charge in [-0.1, -0.05) is 17.7 Å². The van der Waals surface area contributed by atoms with Crippen molar-refractivity contribution in [3.63, 3.8) is 0 Å². The average molecular weight is 436 g/mol. The van der Waals surface area contributed by atoms with E-state index in [-0.39, 0.29) is 28.6 Å². The van der Waals surface area contributed by atoms with E-state index in [9.17, 15) is 18.4 Å². The molecule has 3 N–H and O–H groups in total. The molecule has 0 aliphatic heterocycles. The second kappa shape index (κ2) is 9.31. The minimum atomic E-state index is -1.21. The van der Waals surface area contributed by atoms with E-state index in [0.717, 1.165) is 5.56 Å². The number of aromatic nitrogens is 3. The molecule has 3 rings (SSSR count). The Morgan fingerprint density at radius 2 is 1.93 bits per heavy atom. The highest BCUT2D eigenvalue weighted by atomic mass is 35.5. The van der Waals surface area contributed by atoms with Gasteiger partial charge in [-0.2, -0.15) is 5.10 Å². The van der Waals surface area contributed by atoms with Gasteiger partial charge in [0.1, 0.15) is 5.69 Å². The number of pyridine rings is 1. The molecule has 1 aromatic carbocycles. The van der Waals surface area contributed by atoms with Crippen molar-refractivity contribution in [2.24, 2.45) is 0 Å². The van der Waals surface area contributed by atoms with Crippen LogP contribution in [-0.2, 0) is 6.54 Å². The first-order chi connectivity index (χ1) is 14.4. The first-order valence-corrected chi connectivity index (χ1v) is 9.12. The standard InChI is InChI=1S/C19H16ClF2N5O3/c1-2-30-17-4-3-10(8-23-17)9-24-19(29)15-7-16(27-26-15)25-18(28)11-5-13(21)14(22)6-12(11)20/h3-8H,2,9H2,1H3,(H,24,29)(H2,25,26,27,28). The smallest absolute Gasteiger partial charge is 0.269 e. The lowest BCUT2D eigenvalue weighted by atomic mass is 10.2. The lowest BCUT2D eigenvalue weighted by molar-refractivity contribution is 0.0945. The number of aromatic amines is 1. The van der Waals surface area contributed by atoms with Crippen LogP contribution in [0.5, 0.6) is 5.88 Å². The molecule has 0 aliphatic carbocycles. The van der Waals surface area contributed by atoms with Gasteiger partial charge in [-0.15, -0.1) is 0 Å². The summed E-state index contributed by atoms with van der Waals surface area (Å²) in [6, 6.07) is 6.13. The fraction of sp³-hybridized carbons (Fsp3) is 0.158. The van der Waals surface area contributed by atoms with Crippen molar-refractivity contribution in [1.82, 2.24) is 20.5 Å². The Morgan fingerprint density at radius 3 is 2.63 bits per heavy atom. The fourth-order valence-corrected chi connectivity index (χ4v) is 2.64. The molecular formula is C19H16ClF2N5O3. The van der Waals surface area contributed by atoms with Crippen molar-refractivity contribution in [1.29, 1.82) is 0 Å². The fourth-order valence-electron chi connectivity index (χ4n) is 2.41. The number of halogens is 3. The first-order valence-electron chi connectivity index (χ1n) is 8.74. The monoisotopic (exact) mass is 435 g/mol. The maximum atomic E-state index is 13.4. The van der Waals surface area contributed by atoms with E-state index in [1.165, 1.54) is 6.07 Å². The van der Waals surface area contributed by atoms with E-state index in [0.29, 0.717) is 24.6 Å². The number of carbonyl (C=O) groups excluding carboxylic acids is 2. The van der Waals surface area contributed by atoms with Gasteiger partial charge < -0.3 is 15.4 Å². The Hall–Kier alpha value is -3.53. The number of nitrogens with zero attached hydrogens (tertiary/aromatic N) is 2. The molecule has 2 amide bonds. The van der Waals surface area contributed by atoms with E-state index in [1.807, 2.05) is 6.92 Å². The van der Waals surface area contributed by atoms with Gasteiger partial charge in [0, 0.05) is 24.9 Å². The molecule has 0 unspecified atom stereocenters. The summed E-state index contributed by atoms with van der Waals surface area (Å²) in [4.78, 5) is 28.5. The minimum absolute atomic E-state index is 0.00804. The number of hydrogen-bond acceptors (Lipinski definition) is 5. The van der Waals surface area contributed by atoms with Crippen LogP contribution in [0.25, 0.3) is 0 Å². The number of rotatable bonds is 7. The Bertz CT molecular complexity index is 1070. The summed E-state index contributed by atoms with van der Waals surface area (Å²) in [5.74, 6) is -3.16. The molecule has 0 bridgehead atoms. The maximum Gasteiger partial charge on any atom is 0.269 e. The van der Waals surface area contributed by atoms with Crippen LogP contribution < -0.4 is 15.4 Å². The average Bonchev–Trinajstić information content (AvgIpc) is 3.18. The van der Waals surface area contributed by atoms with Gasteiger partial charge in [0.2, 0.25) is 5.88 Å². The van der Waals surface area contributed by atoms with Crippen LogP contribution in [0.2, 0.25) is 5.02 Å². The molecule has 0 radical (unpaired) electrons. The normalized spacial score (nSPS) is 10.5. The number of carbonyl (C=O) groups is 2. The summed E-state index contributed by atoms with van der Waals surface area (Å²) in [6.45, 7) is 2.57. The van der Waals surface area contributed by atoms with Crippen LogP contribution in [-0.4, -0.2) is 33.6 Å². The largest absolute Gasteiger partial charge is 0.478 e. The Labute approximate surface area is 174 Å². The summed E-state index contributed by atoms with van der Waals surface area (Å²) >= 11 is 5.77. The number of nitrogens with one attached hydrogen (secondary N) is 3. The zero-order valence-corrected chi connectivity index (χ0v) is 16.4. The quantitative estimate of drug-likeness (QED) is 0.493. The maximum absolute atomic E-state index is 13.4. The Kier molecular flexibility index (Phi) is 6.58. The van der Waals surface area contributed by atoms with Gasteiger partial charge in [-0.3, -0.25) is 14.7 Å². The predicted octanol–water partition coefficient (Wildman–Crippen LogP) is 3.32. The summed E-state index contributed by atoms with van der Waals surface area (Å²) in [5, 5.41) is 11.0. The summed E-state index contributed by atoms with van der Waals surface area (Å²) in [7, 11) is 0. The van der Waals surface area contributed by atoms with E-state index in [2.05, 4.69) is 25.8 Å². The van der Waals surface area contributed by atoms with Gasteiger partial charge >= 0.3 is 0 Å². The highest BCUT2D eigenvalue weighted by Crippen LogP contribution is 2.21. The highest BCUT2D eigenvalue weighted by molar-refractivity contribution is 6.34. The van der Waals surface area contributed by atoms with Gasteiger partial charge in [-0.05, 0) is 24.6 Å². The van der Waals surface area contributed by atoms with Gasteiger partial charge in [-0.25, -0.2) is 13.8 Å². The van der Waals surface area contributed by atoms with Gasteiger partial charge in [0.15, 0.2) is 17.5 Å². The number of anilines is 1. The van der Waals surface area contributed by atoms with Gasteiger partial charge in [0.05, 0.1) is 17.2 Å². The molecule has 0 saturated carbocycles.